The van der Waals surface area contributed by atoms with Gasteiger partial charge in [0.15, 0.2) is 0 Å². The van der Waals surface area contributed by atoms with E-state index in [0.717, 1.165) is 12.0 Å². The highest BCUT2D eigenvalue weighted by Crippen LogP contribution is 2.05. The number of nitrogens with one attached hydrogen (secondary N) is 1. The van der Waals surface area contributed by atoms with Crippen molar-refractivity contribution in [1.82, 2.24) is 0 Å². The van der Waals surface area contributed by atoms with Crippen molar-refractivity contribution in [2.75, 3.05) is 0 Å². The maximum absolute atomic E-state index is 7.15. The zero-order valence-electron chi connectivity index (χ0n) is 6.99. The smallest absolute Gasteiger partial charge is 0.00960 e. The second kappa shape index (κ2) is 4.04. The summed E-state index contributed by atoms with van der Waals surface area (Å²) in [5.41, 5.74) is 2.97. The average Bonchev–Trinajstić information content (AvgIpc) is 1.82. The van der Waals surface area contributed by atoms with Crippen LogP contribution in [0.2, 0.25) is 0 Å². The second-order valence-electron chi connectivity index (χ2n) is 2.65. The summed E-state index contributed by atoms with van der Waals surface area (Å²) >= 11 is 0. The molecule has 1 heteroatoms. The third kappa shape index (κ3) is 4.07. The van der Waals surface area contributed by atoms with E-state index in [1.165, 1.54) is 5.57 Å². The lowest BCUT2D eigenvalue weighted by atomic mass is 10.1. The first kappa shape index (κ1) is 9.15. The molecule has 0 aromatic carbocycles. The van der Waals surface area contributed by atoms with Gasteiger partial charge in [0.25, 0.3) is 0 Å². The fourth-order valence-electron chi connectivity index (χ4n) is 0.480. The van der Waals surface area contributed by atoms with Gasteiger partial charge < -0.3 is 5.41 Å². The topological polar surface area (TPSA) is 23.9 Å². The van der Waals surface area contributed by atoms with Gasteiger partial charge in [-0.15, -0.1) is 0 Å². The van der Waals surface area contributed by atoms with Crippen molar-refractivity contribution in [2.45, 2.75) is 27.2 Å². The van der Waals surface area contributed by atoms with E-state index in [0.29, 0.717) is 5.71 Å². The average molecular weight is 137 g/mol. The van der Waals surface area contributed by atoms with Gasteiger partial charge in [-0.25, -0.2) is 0 Å². The highest BCUT2D eigenvalue weighted by atomic mass is 14.4. The molecule has 0 heterocycles. The van der Waals surface area contributed by atoms with Gasteiger partial charge in [0.1, 0.15) is 0 Å². The lowest BCUT2D eigenvalue weighted by Gasteiger charge is -1.97. The van der Waals surface area contributed by atoms with Gasteiger partial charge in [0.05, 0.1) is 0 Å². The summed E-state index contributed by atoms with van der Waals surface area (Å²) in [6.07, 6.45) is 2.78. The molecule has 0 radical (unpaired) electrons. The van der Waals surface area contributed by atoms with Crippen molar-refractivity contribution >= 4 is 5.71 Å². The first-order valence-corrected chi connectivity index (χ1v) is 3.40. The molecular formula is C9H15N. The summed E-state index contributed by atoms with van der Waals surface area (Å²) in [6.45, 7) is 9.60. The van der Waals surface area contributed by atoms with Crippen LogP contribution in [0.3, 0.4) is 0 Å². The van der Waals surface area contributed by atoms with Crippen molar-refractivity contribution in [3.63, 3.8) is 0 Å². The Labute approximate surface area is 63.0 Å². The first-order chi connectivity index (χ1) is 4.54. The molecule has 1 nitrogen and oxygen atoms in total. The van der Waals surface area contributed by atoms with Crippen LogP contribution in [0.15, 0.2) is 23.8 Å². The monoisotopic (exact) mass is 137 g/mol. The molecule has 0 amide bonds. The number of hydrogen-bond acceptors (Lipinski definition) is 1. The minimum Gasteiger partial charge on any atom is -0.310 e. The van der Waals surface area contributed by atoms with E-state index >= 15 is 0 Å². The molecule has 0 rings (SSSR count). The molecule has 0 bridgehead atoms. The van der Waals surface area contributed by atoms with E-state index < -0.39 is 0 Å². The molecule has 0 saturated carbocycles. The van der Waals surface area contributed by atoms with Crippen molar-refractivity contribution in [1.29, 1.82) is 5.41 Å². The molecule has 56 valence electrons. The fraction of sp³-hybridized carbons (Fsp3) is 0.444. The molecule has 0 unspecified atom stereocenters. The molecule has 0 aromatic heterocycles. The van der Waals surface area contributed by atoms with Crippen LogP contribution in [0.4, 0.5) is 0 Å². The quantitative estimate of drug-likeness (QED) is 0.457. The van der Waals surface area contributed by atoms with Gasteiger partial charge >= 0.3 is 0 Å². The number of hydrogen-bond donors (Lipinski definition) is 1. The third-order valence-electron chi connectivity index (χ3n) is 1.39. The van der Waals surface area contributed by atoms with Crippen LogP contribution in [0.5, 0.6) is 0 Å². The Bertz CT molecular complexity index is 175. The predicted molar refractivity (Wildman–Crippen MR) is 46.6 cm³/mol. The van der Waals surface area contributed by atoms with Gasteiger partial charge in [-0.2, -0.15) is 0 Å². The van der Waals surface area contributed by atoms with Crippen LogP contribution >= 0.6 is 0 Å². The summed E-state index contributed by atoms with van der Waals surface area (Å²) in [5.74, 6) is 0. The Hall–Kier alpha value is -0.850. The Morgan fingerprint density at radius 1 is 1.40 bits per heavy atom. The van der Waals surface area contributed by atoms with Crippen molar-refractivity contribution in [3.05, 3.63) is 23.8 Å². The molecule has 10 heavy (non-hydrogen) atoms. The van der Waals surface area contributed by atoms with E-state index in [1.54, 1.807) is 0 Å². The molecule has 0 aliphatic carbocycles. The maximum atomic E-state index is 7.15. The molecule has 1 N–H and O–H groups in total. The molecule has 0 aliphatic heterocycles. The van der Waals surface area contributed by atoms with E-state index in [2.05, 4.69) is 6.58 Å². The van der Waals surface area contributed by atoms with Crippen LogP contribution in [0.1, 0.15) is 27.2 Å². The summed E-state index contributed by atoms with van der Waals surface area (Å²) in [7, 11) is 0. The van der Waals surface area contributed by atoms with E-state index in [1.807, 2.05) is 26.8 Å². The highest BCUT2D eigenvalue weighted by molar-refractivity contribution is 5.80. The van der Waals surface area contributed by atoms with Crippen molar-refractivity contribution < 1.29 is 0 Å². The molecule has 0 fully saturated rings. The molecule has 0 atom stereocenters. The van der Waals surface area contributed by atoms with Gasteiger partial charge in [-0.1, -0.05) is 23.8 Å². The number of rotatable bonds is 3. The Balaban J connectivity index is 3.92. The first-order valence-electron chi connectivity index (χ1n) is 3.40. The zero-order valence-corrected chi connectivity index (χ0v) is 6.99. The van der Waals surface area contributed by atoms with Crippen molar-refractivity contribution in [2.24, 2.45) is 0 Å². The highest BCUT2D eigenvalue weighted by Gasteiger charge is 1.88. The van der Waals surface area contributed by atoms with E-state index in [4.69, 9.17) is 5.41 Å². The second-order valence-corrected chi connectivity index (χ2v) is 2.65. The Morgan fingerprint density at radius 2 is 1.90 bits per heavy atom. The van der Waals surface area contributed by atoms with Crippen LogP contribution in [-0.4, -0.2) is 5.71 Å². The summed E-state index contributed by atoms with van der Waals surface area (Å²) in [5, 5.41) is 7.15. The number of allylic oxidation sites excluding steroid dienone is 3. The third-order valence-corrected chi connectivity index (χ3v) is 1.39. The Morgan fingerprint density at radius 3 is 2.20 bits per heavy atom. The van der Waals surface area contributed by atoms with Gasteiger partial charge in [0, 0.05) is 12.1 Å². The molecule has 0 saturated heterocycles. The zero-order chi connectivity index (χ0) is 8.15. The van der Waals surface area contributed by atoms with Gasteiger partial charge in [-0.05, 0) is 20.8 Å². The predicted octanol–water partition coefficient (Wildman–Crippen LogP) is 2.94. The SMILES string of the molecule is C=C(C)/C(C)=C\CC(C)=N. The van der Waals surface area contributed by atoms with E-state index in [9.17, 15) is 0 Å². The molecule has 0 aromatic rings. The van der Waals surface area contributed by atoms with Gasteiger partial charge in [-0.3, -0.25) is 0 Å². The van der Waals surface area contributed by atoms with Gasteiger partial charge in [0.2, 0.25) is 0 Å². The molecule has 0 spiro atoms. The maximum Gasteiger partial charge on any atom is 0.00960 e. The molecular weight excluding hydrogens is 122 g/mol. The van der Waals surface area contributed by atoms with Crippen molar-refractivity contribution in [3.8, 4) is 0 Å². The van der Waals surface area contributed by atoms with Crippen LogP contribution < -0.4 is 0 Å². The summed E-state index contributed by atoms with van der Waals surface area (Å²) in [4.78, 5) is 0. The van der Waals surface area contributed by atoms with Crippen LogP contribution in [-0.2, 0) is 0 Å². The largest absolute Gasteiger partial charge is 0.310 e. The minimum absolute atomic E-state index is 0.695. The lowest BCUT2D eigenvalue weighted by Crippen LogP contribution is -1.85. The molecule has 0 aliphatic rings. The van der Waals surface area contributed by atoms with Crippen LogP contribution in [0, 0.1) is 5.41 Å². The van der Waals surface area contributed by atoms with Crippen LogP contribution in [0.25, 0.3) is 0 Å². The normalized spacial score (nSPS) is 11.3. The Kier molecular flexibility index (Phi) is 3.70. The van der Waals surface area contributed by atoms with E-state index in [-0.39, 0.29) is 0 Å². The lowest BCUT2D eigenvalue weighted by molar-refractivity contribution is 1.27. The summed E-state index contributed by atoms with van der Waals surface area (Å²) in [6, 6.07) is 0. The standard InChI is InChI=1S/C9H15N/c1-7(2)8(3)5-6-9(4)10/h5,10H,1,6H2,2-4H3/b8-5-,10-9?. The summed E-state index contributed by atoms with van der Waals surface area (Å²) < 4.78 is 0. The minimum atomic E-state index is 0.695. The fourth-order valence-corrected chi connectivity index (χ4v) is 0.480.